The molecule has 0 saturated heterocycles. The molecule has 0 saturated carbocycles. The average molecular weight is 200 g/mol. The Bertz CT molecular complexity index is 387. The Kier molecular flexibility index (Phi) is 4.21. The number of nitrogens with zero attached hydrogens (tertiary/aromatic N) is 4. The van der Waals surface area contributed by atoms with Crippen molar-refractivity contribution in [3.8, 4) is 6.07 Å². The number of hydrogen-bond donors (Lipinski definition) is 0. The summed E-state index contributed by atoms with van der Waals surface area (Å²) in [6, 6.07) is 11.4. The highest BCUT2D eigenvalue weighted by atomic mass is 15.1. The van der Waals surface area contributed by atoms with Crippen LogP contribution in [0.2, 0.25) is 0 Å². The second-order valence-electron chi connectivity index (χ2n) is 3.40. The number of azide groups is 1. The minimum absolute atomic E-state index is 0.110. The van der Waals surface area contributed by atoms with Crippen LogP contribution in [0.1, 0.15) is 24.9 Å². The smallest absolute Gasteiger partial charge is 0.0653 e. The van der Waals surface area contributed by atoms with Crippen molar-refractivity contribution < 1.29 is 0 Å². The standard InChI is InChI=1S/C11H12N4/c1-9(8-12)7-11(14-15-13)10-5-3-2-4-6-10/h2-6,9,11H,7H2,1H3. The van der Waals surface area contributed by atoms with Gasteiger partial charge in [-0.3, -0.25) is 0 Å². The highest BCUT2D eigenvalue weighted by Gasteiger charge is 2.12. The number of benzene rings is 1. The second kappa shape index (κ2) is 5.69. The molecule has 0 radical (unpaired) electrons. The number of nitriles is 1. The average Bonchev–Trinajstić information content (AvgIpc) is 2.29. The van der Waals surface area contributed by atoms with Gasteiger partial charge in [-0.25, -0.2) is 0 Å². The van der Waals surface area contributed by atoms with E-state index in [2.05, 4.69) is 16.1 Å². The quantitative estimate of drug-likeness (QED) is 0.415. The van der Waals surface area contributed by atoms with Gasteiger partial charge in [-0.1, -0.05) is 35.4 Å². The van der Waals surface area contributed by atoms with Crippen molar-refractivity contribution >= 4 is 0 Å². The van der Waals surface area contributed by atoms with Gasteiger partial charge in [0.2, 0.25) is 0 Å². The molecule has 0 aliphatic carbocycles. The van der Waals surface area contributed by atoms with Crippen LogP contribution in [0.5, 0.6) is 0 Å². The summed E-state index contributed by atoms with van der Waals surface area (Å²) in [4.78, 5) is 2.82. The first-order valence-electron chi connectivity index (χ1n) is 4.76. The van der Waals surface area contributed by atoms with Crippen LogP contribution in [0.25, 0.3) is 10.4 Å². The molecule has 15 heavy (non-hydrogen) atoms. The summed E-state index contributed by atoms with van der Waals surface area (Å²) in [6.07, 6.45) is 0.560. The van der Waals surface area contributed by atoms with Crippen molar-refractivity contribution in [1.29, 1.82) is 5.26 Å². The maximum atomic E-state index is 8.71. The summed E-state index contributed by atoms with van der Waals surface area (Å²) < 4.78 is 0. The first-order chi connectivity index (χ1) is 7.27. The fourth-order valence-electron chi connectivity index (χ4n) is 1.38. The van der Waals surface area contributed by atoms with Gasteiger partial charge in [-0.2, -0.15) is 5.26 Å². The molecular weight excluding hydrogens is 188 g/mol. The molecule has 0 amide bonds. The van der Waals surface area contributed by atoms with Crippen LogP contribution >= 0.6 is 0 Å². The third-order valence-corrected chi connectivity index (χ3v) is 2.17. The molecule has 0 fully saturated rings. The lowest BCUT2D eigenvalue weighted by atomic mass is 9.97. The molecule has 0 aromatic heterocycles. The molecule has 0 bridgehead atoms. The SMILES string of the molecule is CC(C#N)CC(N=[N+]=[N-])c1ccccc1. The highest BCUT2D eigenvalue weighted by Crippen LogP contribution is 2.24. The van der Waals surface area contributed by atoms with Gasteiger partial charge in [0.05, 0.1) is 12.1 Å². The maximum Gasteiger partial charge on any atom is 0.0653 e. The Balaban J connectivity index is 2.85. The van der Waals surface area contributed by atoms with Gasteiger partial charge < -0.3 is 0 Å². The maximum absolute atomic E-state index is 8.71. The Hall–Kier alpha value is -1.98. The van der Waals surface area contributed by atoms with Gasteiger partial charge in [0.1, 0.15) is 0 Å². The highest BCUT2D eigenvalue weighted by molar-refractivity contribution is 5.19. The van der Waals surface area contributed by atoms with Crippen LogP contribution in [-0.4, -0.2) is 0 Å². The molecule has 4 nitrogen and oxygen atoms in total. The third-order valence-electron chi connectivity index (χ3n) is 2.17. The number of hydrogen-bond acceptors (Lipinski definition) is 2. The van der Waals surface area contributed by atoms with Crippen molar-refractivity contribution in [2.45, 2.75) is 19.4 Å². The molecule has 2 atom stereocenters. The van der Waals surface area contributed by atoms with E-state index in [4.69, 9.17) is 10.8 Å². The third kappa shape index (κ3) is 3.34. The first-order valence-corrected chi connectivity index (χ1v) is 4.76. The Morgan fingerprint density at radius 2 is 2.13 bits per heavy atom. The largest absolute Gasteiger partial charge is 0.198 e. The van der Waals surface area contributed by atoms with E-state index in [9.17, 15) is 0 Å². The molecule has 1 aromatic carbocycles. The van der Waals surface area contributed by atoms with E-state index in [1.54, 1.807) is 0 Å². The Morgan fingerprint density at radius 1 is 1.47 bits per heavy atom. The minimum atomic E-state index is -0.245. The summed E-state index contributed by atoms with van der Waals surface area (Å²) in [5, 5.41) is 12.4. The Labute approximate surface area is 88.8 Å². The fraction of sp³-hybridized carbons (Fsp3) is 0.364. The molecule has 0 N–H and O–H groups in total. The molecule has 4 heteroatoms. The zero-order valence-electron chi connectivity index (χ0n) is 8.54. The molecule has 0 heterocycles. The van der Waals surface area contributed by atoms with E-state index in [0.29, 0.717) is 6.42 Å². The van der Waals surface area contributed by atoms with E-state index in [1.807, 2.05) is 37.3 Å². The summed E-state index contributed by atoms with van der Waals surface area (Å²) >= 11 is 0. The van der Waals surface area contributed by atoms with Crippen LogP contribution < -0.4 is 0 Å². The van der Waals surface area contributed by atoms with Crippen LogP contribution in [0.3, 0.4) is 0 Å². The molecule has 1 rings (SSSR count). The van der Waals surface area contributed by atoms with Gasteiger partial charge >= 0.3 is 0 Å². The monoisotopic (exact) mass is 200 g/mol. The molecular formula is C11H12N4. The van der Waals surface area contributed by atoms with E-state index in [-0.39, 0.29) is 12.0 Å². The van der Waals surface area contributed by atoms with Gasteiger partial charge in [-0.15, -0.1) is 0 Å². The van der Waals surface area contributed by atoms with Crippen LogP contribution in [0.15, 0.2) is 35.4 Å². The predicted octanol–water partition coefficient (Wildman–Crippen LogP) is 3.59. The van der Waals surface area contributed by atoms with E-state index in [0.717, 1.165) is 5.56 Å². The summed E-state index contributed by atoms with van der Waals surface area (Å²) in [5.41, 5.74) is 9.41. The zero-order valence-corrected chi connectivity index (χ0v) is 8.54. The second-order valence-corrected chi connectivity index (χ2v) is 3.40. The van der Waals surface area contributed by atoms with Gasteiger partial charge in [0.15, 0.2) is 0 Å². The van der Waals surface area contributed by atoms with E-state index < -0.39 is 0 Å². The topological polar surface area (TPSA) is 72.5 Å². The molecule has 0 spiro atoms. The van der Waals surface area contributed by atoms with Crippen molar-refractivity contribution in [3.63, 3.8) is 0 Å². The van der Waals surface area contributed by atoms with Gasteiger partial charge in [-0.05, 0) is 24.4 Å². The summed E-state index contributed by atoms with van der Waals surface area (Å²) in [7, 11) is 0. The van der Waals surface area contributed by atoms with Crippen LogP contribution in [0, 0.1) is 17.2 Å². The summed E-state index contributed by atoms with van der Waals surface area (Å²) in [6.45, 7) is 1.82. The predicted molar refractivity (Wildman–Crippen MR) is 57.7 cm³/mol. The van der Waals surface area contributed by atoms with Crippen LogP contribution in [0.4, 0.5) is 0 Å². The minimum Gasteiger partial charge on any atom is -0.198 e. The lowest BCUT2D eigenvalue weighted by Crippen LogP contribution is -2.00. The zero-order chi connectivity index (χ0) is 11.1. The Morgan fingerprint density at radius 3 is 2.67 bits per heavy atom. The van der Waals surface area contributed by atoms with E-state index >= 15 is 0 Å². The molecule has 0 aliphatic heterocycles. The van der Waals surface area contributed by atoms with Gasteiger partial charge in [0, 0.05) is 10.8 Å². The lowest BCUT2D eigenvalue weighted by molar-refractivity contribution is 0.557. The molecule has 1 aromatic rings. The first kappa shape index (κ1) is 11.1. The lowest BCUT2D eigenvalue weighted by Gasteiger charge is -2.12. The van der Waals surface area contributed by atoms with Crippen molar-refractivity contribution in [3.05, 3.63) is 46.3 Å². The molecule has 2 unspecified atom stereocenters. The van der Waals surface area contributed by atoms with Crippen molar-refractivity contribution in [2.24, 2.45) is 11.0 Å². The van der Waals surface area contributed by atoms with E-state index in [1.165, 1.54) is 0 Å². The fourth-order valence-corrected chi connectivity index (χ4v) is 1.38. The molecule has 76 valence electrons. The number of rotatable bonds is 4. The van der Waals surface area contributed by atoms with Crippen molar-refractivity contribution in [2.75, 3.05) is 0 Å². The van der Waals surface area contributed by atoms with Gasteiger partial charge in [0.25, 0.3) is 0 Å². The normalized spacial score (nSPS) is 13.3. The molecule has 0 aliphatic rings. The van der Waals surface area contributed by atoms with Crippen molar-refractivity contribution in [1.82, 2.24) is 0 Å². The summed E-state index contributed by atoms with van der Waals surface area (Å²) in [5.74, 6) is -0.110. The van der Waals surface area contributed by atoms with Crippen LogP contribution in [-0.2, 0) is 0 Å².